The van der Waals surface area contributed by atoms with Crippen LogP contribution in [0.15, 0.2) is 5.38 Å². The summed E-state index contributed by atoms with van der Waals surface area (Å²) in [4.78, 5) is 4.51. The van der Waals surface area contributed by atoms with Gasteiger partial charge in [-0.15, -0.1) is 11.3 Å². The summed E-state index contributed by atoms with van der Waals surface area (Å²) in [7, 11) is 0. The Balaban J connectivity index is 1.82. The fourth-order valence-electron chi connectivity index (χ4n) is 1.99. The van der Waals surface area contributed by atoms with E-state index in [0.717, 1.165) is 11.6 Å². The second-order valence-electron chi connectivity index (χ2n) is 4.80. The van der Waals surface area contributed by atoms with E-state index in [0.29, 0.717) is 12.1 Å². The van der Waals surface area contributed by atoms with Gasteiger partial charge in [0.15, 0.2) is 0 Å². The van der Waals surface area contributed by atoms with Gasteiger partial charge in [-0.25, -0.2) is 4.98 Å². The van der Waals surface area contributed by atoms with Crippen LogP contribution in [0.2, 0.25) is 0 Å². The van der Waals surface area contributed by atoms with E-state index in [9.17, 15) is 0 Å². The van der Waals surface area contributed by atoms with Crippen molar-refractivity contribution in [1.82, 2.24) is 10.3 Å². The minimum Gasteiger partial charge on any atom is -0.306 e. The van der Waals surface area contributed by atoms with Crippen LogP contribution in [0.4, 0.5) is 0 Å². The standard InChI is InChI=1S/C12H20N2S/c1-8(6-11-4-5-11)13-10(3)12-14-9(2)7-15-12/h7-8,10-11,13H,4-6H2,1-3H3. The number of hydrogen-bond donors (Lipinski definition) is 1. The van der Waals surface area contributed by atoms with E-state index < -0.39 is 0 Å². The number of rotatable bonds is 5. The van der Waals surface area contributed by atoms with Gasteiger partial charge in [0.1, 0.15) is 5.01 Å². The minimum absolute atomic E-state index is 0.400. The lowest BCUT2D eigenvalue weighted by Gasteiger charge is -2.18. The molecule has 1 saturated carbocycles. The van der Waals surface area contributed by atoms with Gasteiger partial charge in [-0.1, -0.05) is 12.8 Å². The lowest BCUT2D eigenvalue weighted by atomic mass is 10.1. The maximum Gasteiger partial charge on any atom is 0.110 e. The zero-order valence-corrected chi connectivity index (χ0v) is 10.6. The largest absolute Gasteiger partial charge is 0.306 e. The zero-order valence-electron chi connectivity index (χ0n) is 9.79. The third-order valence-electron chi connectivity index (χ3n) is 2.93. The SMILES string of the molecule is Cc1csc(C(C)NC(C)CC2CC2)n1. The van der Waals surface area contributed by atoms with E-state index in [2.05, 4.69) is 36.5 Å². The Kier molecular flexibility index (Phi) is 3.42. The maximum atomic E-state index is 4.51. The fraction of sp³-hybridized carbons (Fsp3) is 0.750. The molecule has 0 saturated heterocycles. The lowest BCUT2D eigenvalue weighted by Crippen LogP contribution is -2.29. The monoisotopic (exact) mass is 224 g/mol. The van der Waals surface area contributed by atoms with E-state index in [1.807, 2.05) is 0 Å². The van der Waals surface area contributed by atoms with Crippen LogP contribution in [-0.4, -0.2) is 11.0 Å². The average molecular weight is 224 g/mol. The van der Waals surface area contributed by atoms with Crippen molar-refractivity contribution in [2.45, 2.75) is 52.1 Å². The highest BCUT2D eigenvalue weighted by molar-refractivity contribution is 7.09. The predicted octanol–water partition coefficient (Wildman–Crippen LogP) is 3.29. The Morgan fingerprint density at radius 1 is 1.53 bits per heavy atom. The molecule has 1 N–H and O–H groups in total. The Hall–Kier alpha value is -0.410. The summed E-state index contributed by atoms with van der Waals surface area (Å²) in [6, 6.07) is 1.02. The van der Waals surface area contributed by atoms with Crippen LogP contribution >= 0.6 is 11.3 Å². The van der Waals surface area contributed by atoms with Gasteiger partial charge in [0.2, 0.25) is 0 Å². The minimum atomic E-state index is 0.400. The Labute approximate surface area is 96.1 Å². The van der Waals surface area contributed by atoms with Gasteiger partial charge >= 0.3 is 0 Å². The van der Waals surface area contributed by atoms with Crippen molar-refractivity contribution in [2.75, 3.05) is 0 Å². The molecule has 3 heteroatoms. The summed E-state index contributed by atoms with van der Waals surface area (Å²) >= 11 is 1.76. The molecule has 84 valence electrons. The van der Waals surface area contributed by atoms with Gasteiger partial charge in [0.25, 0.3) is 0 Å². The molecule has 15 heavy (non-hydrogen) atoms. The Morgan fingerprint density at radius 3 is 2.80 bits per heavy atom. The van der Waals surface area contributed by atoms with E-state index in [1.165, 1.54) is 24.3 Å². The number of aromatic nitrogens is 1. The smallest absolute Gasteiger partial charge is 0.110 e. The molecule has 0 aliphatic heterocycles. The van der Waals surface area contributed by atoms with Crippen LogP contribution in [0.3, 0.4) is 0 Å². The first-order chi connectivity index (χ1) is 7.15. The molecule has 0 aromatic carbocycles. The molecule has 2 atom stereocenters. The van der Waals surface area contributed by atoms with E-state index in [4.69, 9.17) is 0 Å². The molecule has 1 aromatic heterocycles. The molecule has 2 unspecified atom stereocenters. The zero-order chi connectivity index (χ0) is 10.8. The Morgan fingerprint density at radius 2 is 2.27 bits per heavy atom. The lowest BCUT2D eigenvalue weighted by molar-refractivity contribution is 0.437. The van der Waals surface area contributed by atoms with Crippen molar-refractivity contribution in [1.29, 1.82) is 0 Å². The normalized spacial score (nSPS) is 20.2. The van der Waals surface area contributed by atoms with Gasteiger partial charge in [-0.2, -0.15) is 0 Å². The van der Waals surface area contributed by atoms with E-state index in [1.54, 1.807) is 11.3 Å². The topological polar surface area (TPSA) is 24.9 Å². The van der Waals surface area contributed by atoms with Crippen molar-refractivity contribution in [3.05, 3.63) is 16.1 Å². The van der Waals surface area contributed by atoms with Crippen LogP contribution in [0.1, 0.15) is 49.9 Å². The summed E-state index contributed by atoms with van der Waals surface area (Å²) in [6.07, 6.45) is 4.21. The number of nitrogens with zero attached hydrogens (tertiary/aromatic N) is 1. The summed E-state index contributed by atoms with van der Waals surface area (Å²) in [5, 5.41) is 6.97. The van der Waals surface area contributed by atoms with Crippen LogP contribution in [0.25, 0.3) is 0 Å². The quantitative estimate of drug-likeness (QED) is 0.830. The molecular weight excluding hydrogens is 204 g/mol. The van der Waals surface area contributed by atoms with Gasteiger partial charge < -0.3 is 5.32 Å². The van der Waals surface area contributed by atoms with Gasteiger partial charge in [0, 0.05) is 17.1 Å². The number of hydrogen-bond acceptors (Lipinski definition) is 3. The molecule has 1 heterocycles. The molecular formula is C12H20N2S. The van der Waals surface area contributed by atoms with Crippen molar-refractivity contribution < 1.29 is 0 Å². The first-order valence-corrected chi connectivity index (χ1v) is 6.71. The molecule has 2 rings (SSSR count). The molecule has 0 spiro atoms. The van der Waals surface area contributed by atoms with Crippen LogP contribution < -0.4 is 5.32 Å². The van der Waals surface area contributed by atoms with E-state index >= 15 is 0 Å². The second-order valence-corrected chi connectivity index (χ2v) is 5.69. The van der Waals surface area contributed by atoms with Crippen LogP contribution in [0, 0.1) is 12.8 Å². The summed E-state index contributed by atoms with van der Waals surface area (Å²) in [5.74, 6) is 0.998. The third-order valence-corrected chi connectivity index (χ3v) is 4.07. The van der Waals surface area contributed by atoms with E-state index in [-0.39, 0.29) is 0 Å². The highest BCUT2D eigenvalue weighted by Crippen LogP contribution is 2.33. The Bertz CT molecular complexity index is 317. The summed E-state index contributed by atoms with van der Waals surface area (Å²) in [5.41, 5.74) is 1.14. The second kappa shape index (κ2) is 4.62. The molecule has 2 nitrogen and oxygen atoms in total. The highest BCUT2D eigenvalue weighted by Gasteiger charge is 2.24. The number of thiazole rings is 1. The summed E-state index contributed by atoms with van der Waals surface area (Å²) in [6.45, 7) is 6.55. The first-order valence-electron chi connectivity index (χ1n) is 5.83. The fourth-order valence-corrected chi connectivity index (χ4v) is 2.80. The molecule has 1 aliphatic rings. The molecule has 1 aliphatic carbocycles. The first kappa shape index (κ1) is 11.1. The third kappa shape index (κ3) is 3.28. The van der Waals surface area contributed by atoms with Crippen molar-refractivity contribution in [3.63, 3.8) is 0 Å². The average Bonchev–Trinajstić information content (AvgIpc) is 2.85. The van der Waals surface area contributed by atoms with Crippen molar-refractivity contribution in [2.24, 2.45) is 5.92 Å². The van der Waals surface area contributed by atoms with Gasteiger partial charge in [-0.05, 0) is 33.1 Å². The number of aryl methyl sites for hydroxylation is 1. The maximum absolute atomic E-state index is 4.51. The van der Waals surface area contributed by atoms with Crippen LogP contribution in [-0.2, 0) is 0 Å². The molecule has 1 aromatic rings. The van der Waals surface area contributed by atoms with Crippen molar-refractivity contribution in [3.8, 4) is 0 Å². The molecule has 1 fully saturated rings. The van der Waals surface area contributed by atoms with Crippen LogP contribution in [0.5, 0.6) is 0 Å². The number of nitrogens with one attached hydrogen (secondary N) is 1. The van der Waals surface area contributed by atoms with Gasteiger partial charge in [0.05, 0.1) is 6.04 Å². The van der Waals surface area contributed by atoms with Gasteiger partial charge in [-0.3, -0.25) is 0 Å². The molecule has 0 amide bonds. The molecule has 0 radical (unpaired) electrons. The predicted molar refractivity (Wildman–Crippen MR) is 65.2 cm³/mol. The summed E-state index contributed by atoms with van der Waals surface area (Å²) < 4.78 is 0. The molecule has 0 bridgehead atoms. The highest BCUT2D eigenvalue weighted by atomic mass is 32.1. The van der Waals surface area contributed by atoms with Crippen molar-refractivity contribution >= 4 is 11.3 Å².